The molecular weight excluding hydrogens is 276 g/mol. The van der Waals surface area contributed by atoms with Crippen molar-refractivity contribution in [3.8, 4) is 11.5 Å². The molecule has 0 spiro atoms. The van der Waals surface area contributed by atoms with Crippen molar-refractivity contribution in [2.75, 3.05) is 0 Å². The van der Waals surface area contributed by atoms with E-state index in [9.17, 15) is 0 Å². The molecule has 1 unspecified atom stereocenters. The molecule has 0 saturated heterocycles. The van der Waals surface area contributed by atoms with Gasteiger partial charge in [0, 0.05) is 4.47 Å². The van der Waals surface area contributed by atoms with Gasteiger partial charge in [0.15, 0.2) is 0 Å². The van der Waals surface area contributed by atoms with Crippen LogP contribution in [-0.4, -0.2) is 0 Å². The third-order valence-corrected chi connectivity index (χ3v) is 3.93. The number of rotatable bonds is 2. The Hall–Kier alpha value is -1.28. The van der Waals surface area contributed by atoms with Crippen molar-refractivity contribution in [3.05, 3.63) is 58.1 Å². The van der Waals surface area contributed by atoms with Gasteiger partial charge in [0.05, 0.1) is 0 Å². The quantitative estimate of drug-likeness (QED) is 0.764. The van der Waals surface area contributed by atoms with E-state index >= 15 is 0 Å². The first-order valence-corrected chi connectivity index (χ1v) is 6.59. The monoisotopic (exact) mass is 288 g/mol. The van der Waals surface area contributed by atoms with Crippen LogP contribution in [0.5, 0.6) is 11.5 Å². The summed E-state index contributed by atoms with van der Waals surface area (Å²) in [4.78, 5) is 0. The lowest BCUT2D eigenvalue weighted by Crippen LogP contribution is -2.15. The van der Waals surface area contributed by atoms with Gasteiger partial charge in [-0.25, -0.2) is 0 Å². The highest BCUT2D eigenvalue weighted by molar-refractivity contribution is 9.10. The minimum absolute atomic E-state index is 0.638. The number of para-hydroxylation sites is 1. The lowest BCUT2D eigenvalue weighted by atomic mass is 9.78. The number of halogens is 1. The molecular formula is C15H13BrO. The van der Waals surface area contributed by atoms with Crippen molar-refractivity contribution < 1.29 is 4.74 Å². The molecule has 17 heavy (non-hydrogen) atoms. The van der Waals surface area contributed by atoms with E-state index in [2.05, 4.69) is 28.9 Å². The Morgan fingerprint density at radius 2 is 1.88 bits per heavy atom. The van der Waals surface area contributed by atoms with Crippen molar-refractivity contribution in [2.45, 2.75) is 19.3 Å². The van der Waals surface area contributed by atoms with E-state index in [0.29, 0.717) is 5.92 Å². The Labute approximate surface area is 110 Å². The van der Waals surface area contributed by atoms with Crippen LogP contribution in [0.4, 0.5) is 0 Å². The smallest absolute Gasteiger partial charge is 0.131 e. The normalized spacial score (nSPS) is 17.2. The van der Waals surface area contributed by atoms with Crippen LogP contribution in [0.1, 0.15) is 24.0 Å². The van der Waals surface area contributed by atoms with Gasteiger partial charge in [0.1, 0.15) is 11.5 Å². The van der Waals surface area contributed by atoms with Gasteiger partial charge < -0.3 is 4.74 Å². The fourth-order valence-electron chi connectivity index (χ4n) is 2.35. The maximum Gasteiger partial charge on any atom is 0.131 e. The highest BCUT2D eigenvalue weighted by atomic mass is 79.9. The Kier molecular flexibility index (Phi) is 2.67. The topological polar surface area (TPSA) is 9.23 Å². The molecule has 1 aliphatic carbocycles. The van der Waals surface area contributed by atoms with Crippen LogP contribution in [0.3, 0.4) is 0 Å². The Morgan fingerprint density at radius 1 is 1.12 bits per heavy atom. The number of hydrogen-bond acceptors (Lipinski definition) is 1. The van der Waals surface area contributed by atoms with Crippen LogP contribution in [0.15, 0.2) is 46.9 Å². The summed E-state index contributed by atoms with van der Waals surface area (Å²) in [6.45, 7) is 2.25. The van der Waals surface area contributed by atoms with Crippen molar-refractivity contribution in [3.63, 3.8) is 0 Å². The number of ether oxygens (including phenoxy) is 1. The summed E-state index contributed by atoms with van der Waals surface area (Å²) in [5.74, 6) is 2.53. The molecule has 1 aliphatic rings. The average molecular weight is 289 g/mol. The number of fused-ring (bicyclic) bond motifs is 1. The van der Waals surface area contributed by atoms with E-state index in [1.165, 1.54) is 15.6 Å². The summed E-state index contributed by atoms with van der Waals surface area (Å²) in [6, 6.07) is 14.1. The second kappa shape index (κ2) is 4.19. The molecule has 0 fully saturated rings. The number of hydrogen-bond donors (Lipinski definition) is 0. The standard InChI is InChI=1S/C15H13BrO/c1-10-9-12-14(8-7-13(16)15(10)12)17-11-5-3-2-4-6-11/h2-8,10H,9H2,1H3. The van der Waals surface area contributed by atoms with E-state index in [1.807, 2.05) is 36.4 Å². The van der Waals surface area contributed by atoms with Gasteiger partial charge in [-0.3, -0.25) is 0 Å². The maximum absolute atomic E-state index is 5.92. The number of benzene rings is 2. The fraction of sp³-hybridized carbons (Fsp3) is 0.200. The molecule has 0 N–H and O–H groups in total. The molecule has 2 aromatic rings. The molecule has 0 bridgehead atoms. The Morgan fingerprint density at radius 3 is 2.59 bits per heavy atom. The lowest BCUT2D eigenvalue weighted by Gasteiger charge is -2.30. The van der Waals surface area contributed by atoms with Crippen molar-refractivity contribution in [2.24, 2.45) is 0 Å². The van der Waals surface area contributed by atoms with Crippen LogP contribution >= 0.6 is 15.9 Å². The summed E-state index contributed by atoms with van der Waals surface area (Å²) < 4.78 is 7.12. The summed E-state index contributed by atoms with van der Waals surface area (Å²) in [5.41, 5.74) is 2.74. The molecule has 1 nitrogen and oxygen atoms in total. The molecule has 0 saturated carbocycles. The molecule has 0 amide bonds. The zero-order valence-corrected chi connectivity index (χ0v) is 11.2. The second-order valence-corrected chi connectivity index (χ2v) is 5.31. The predicted octanol–water partition coefficient (Wildman–Crippen LogP) is 4.90. The van der Waals surface area contributed by atoms with Crippen molar-refractivity contribution in [1.29, 1.82) is 0 Å². The summed E-state index contributed by atoms with van der Waals surface area (Å²) in [5, 5.41) is 0. The van der Waals surface area contributed by atoms with Gasteiger partial charge in [0.25, 0.3) is 0 Å². The van der Waals surface area contributed by atoms with E-state index in [1.54, 1.807) is 0 Å². The highest BCUT2D eigenvalue weighted by Gasteiger charge is 2.28. The third kappa shape index (κ3) is 1.87. The largest absolute Gasteiger partial charge is 0.457 e. The molecule has 0 aromatic heterocycles. The van der Waals surface area contributed by atoms with Crippen LogP contribution in [0, 0.1) is 0 Å². The minimum atomic E-state index is 0.638. The van der Waals surface area contributed by atoms with E-state index in [0.717, 1.165) is 17.9 Å². The molecule has 0 radical (unpaired) electrons. The molecule has 3 rings (SSSR count). The fourth-order valence-corrected chi connectivity index (χ4v) is 3.11. The summed E-state index contributed by atoms with van der Waals surface area (Å²) in [6.07, 6.45) is 1.11. The summed E-state index contributed by atoms with van der Waals surface area (Å²) >= 11 is 3.60. The predicted molar refractivity (Wildman–Crippen MR) is 72.8 cm³/mol. The molecule has 0 aliphatic heterocycles. The summed E-state index contributed by atoms with van der Waals surface area (Å²) in [7, 11) is 0. The molecule has 86 valence electrons. The first-order chi connectivity index (χ1) is 8.25. The van der Waals surface area contributed by atoms with Crippen molar-refractivity contribution >= 4 is 15.9 Å². The van der Waals surface area contributed by atoms with Crippen LogP contribution in [0.2, 0.25) is 0 Å². The first kappa shape index (κ1) is 10.8. The second-order valence-electron chi connectivity index (χ2n) is 4.46. The van der Waals surface area contributed by atoms with E-state index in [-0.39, 0.29) is 0 Å². The van der Waals surface area contributed by atoms with E-state index < -0.39 is 0 Å². The van der Waals surface area contributed by atoms with Crippen molar-refractivity contribution in [1.82, 2.24) is 0 Å². The van der Waals surface area contributed by atoms with Crippen LogP contribution in [-0.2, 0) is 6.42 Å². The van der Waals surface area contributed by atoms with Gasteiger partial charge >= 0.3 is 0 Å². The average Bonchev–Trinajstić information content (AvgIpc) is 2.32. The molecule has 1 atom stereocenters. The van der Waals surface area contributed by atoms with Gasteiger partial charge in [-0.1, -0.05) is 41.1 Å². The minimum Gasteiger partial charge on any atom is -0.457 e. The Balaban J connectivity index is 1.96. The maximum atomic E-state index is 5.92. The van der Waals surface area contributed by atoms with Gasteiger partial charge in [-0.15, -0.1) is 0 Å². The molecule has 0 heterocycles. The lowest BCUT2D eigenvalue weighted by molar-refractivity contribution is 0.462. The van der Waals surface area contributed by atoms with Crippen LogP contribution < -0.4 is 4.74 Å². The first-order valence-electron chi connectivity index (χ1n) is 5.80. The third-order valence-electron chi connectivity index (χ3n) is 3.24. The van der Waals surface area contributed by atoms with Crippen LogP contribution in [0.25, 0.3) is 0 Å². The molecule has 2 aromatic carbocycles. The molecule has 2 heteroatoms. The van der Waals surface area contributed by atoms with Gasteiger partial charge in [-0.2, -0.15) is 0 Å². The van der Waals surface area contributed by atoms with Gasteiger partial charge in [-0.05, 0) is 47.7 Å². The zero-order chi connectivity index (χ0) is 11.8. The SMILES string of the molecule is CC1Cc2c(Oc3ccccc3)ccc(Br)c21. The highest BCUT2D eigenvalue weighted by Crippen LogP contribution is 2.45. The zero-order valence-electron chi connectivity index (χ0n) is 9.61. The van der Waals surface area contributed by atoms with Gasteiger partial charge in [0.2, 0.25) is 0 Å². The van der Waals surface area contributed by atoms with E-state index in [4.69, 9.17) is 4.74 Å². The Bertz CT molecular complexity index is 548.